The highest BCUT2D eigenvalue weighted by molar-refractivity contribution is 5.75. The maximum absolute atomic E-state index is 11.3. The van der Waals surface area contributed by atoms with E-state index in [1.807, 2.05) is 25.1 Å². The van der Waals surface area contributed by atoms with E-state index in [4.69, 9.17) is 10.5 Å². The van der Waals surface area contributed by atoms with E-state index in [1.54, 1.807) is 19.0 Å². The molecule has 1 aromatic carbocycles. The molecule has 0 unspecified atom stereocenters. The maximum Gasteiger partial charge on any atom is 0.222 e. The van der Waals surface area contributed by atoms with Crippen molar-refractivity contribution in [3.05, 3.63) is 23.8 Å². The van der Waals surface area contributed by atoms with Gasteiger partial charge in [0.1, 0.15) is 5.75 Å². The average Bonchev–Trinajstić information content (AvgIpc) is 2.29. The smallest absolute Gasteiger partial charge is 0.222 e. The quantitative estimate of drug-likeness (QED) is 0.626. The van der Waals surface area contributed by atoms with Gasteiger partial charge in [-0.05, 0) is 25.5 Å². The van der Waals surface area contributed by atoms with Crippen molar-refractivity contribution in [2.24, 2.45) is 0 Å². The van der Waals surface area contributed by atoms with Crippen molar-refractivity contribution >= 4 is 11.6 Å². The highest BCUT2D eigenvalue weighted by atomic mass is 16.5. The van der Waals surface area contributed by atoms with E-state index in [9.17, 15) is 4.79 Å². The summed E-state index contributed by atoms with van der Waals surface area (Å²) in [7, 11) is 3.51. The minimum absolute atomic E-state index is 0.123. The number of hydrogen-bond donors (Lipinski definition) is 1. The molecule has 0 aliphatic heterocycles. The molecular formula is C13H20N2O2. The standard InChI is InChI=1S/C13H20N2O2/c1-10-11(14)6-4-7-12(10)17-9-5-8-13(16)15(2)3/h4,6-7H,5,8-9,14H2,1-3H3. The molecule has 1 aromatic rings. The number of nitrogens with zero attached hydrogens (tertiary/aromatic N) is 1. The monoisotopic (exact) mass is 236 g/mol. The lowest BCUT2D eigenvalue weighted by atomic mass is 10.2. The van der Waals surface area contributed by atoms with E-state index in [-0.39, 0.29) is 5.91 Å². The lowest BCUT2D eigenvalue weighted by molar-refractivity contribution is -0.128. The van der Waals surface area contributed by atoms with Gasteiger partial charge in [0.25, 0.3) is 0 Å². The highest BCUT2D eigenvalue weighted by Gasteiger charge is 2.05. The second-order valence-electron chi connectivity index (χ2n) is 4.21. The first kappa shape index (κ1) is 13.4. The van der Waals surface area contributed by atoms with Crippen molar-refractivity contribution in [2.75, 3.05) is 26.4 Å². The molecule has 0 fully saturated rings. The topological polar surface area (TPSA) is 55.6 Å². The Morgan fingerprint density at radius 1 is 1.41 bits per heavy atom. The Bertz CT molecular complexity index is 389. The summed E-state index contributed by atoms with van der Waals surface area (Å²) in [6.07, 6.45) is 1.22. The molecule has 0 heterocycles. The maximum atomic E-state index is 11.3. The van der Waals surface area contributed by atoms with Crippen LogP contribution in [0.2, 0.25) is 0 Å². The van der Waals surface area contributed by atoms with Crippen LogP contribution in [-0.4, -0.2) is 31.5 Å². The molecule has 0 saturated carbocycles. The molecule has 0 bridgehead atoms. The summed E-state index contributed by atoms with van der Waals surface area (Å²) in [4.78, 5) is 12.9. The Morgan fingerprint density at radius 2 is 2.12 bits per heavy atom. The van der Waals surface area contributed by atoms with Gasteiger partial charge in [0.05, 0.1) is 6.61 Å². The number of nitrogen functional groups attached to an aromatic ring is 1. The first-order chi connectivity index (χ1) is 8.02. The number of amides is 1. The number of carbonyl (C=O) groups is 1. The first-order valence-corrected chi connectivity index (χ1v) is 5.70. The molecule has 4 nitrogen and oxygen atoms in total. The molecule has 94 valence electrons. The van der Waals surface area contributed by atoms with Crippen LogP contribution in [0.5, 0.6) is 5.75 Å². The van der Waals surface area contributed by atoms with Gasteiger partial charge >= 0.3 is 0 Å². The predicted octanol–water partition coefficient (Wildman–Crippen LogP) is 1.82. The Kier molecular flexibility index (Phi) is 4.82. The van der Waals surface area contributed by atoms with Crippen molar-refractivity contribution in [2.45, 2.75) is 19.8 Å². The van der Waals surface area contributed by atoms with Crippen LogP contribution < -0.4 is 10.5 Å². The summed E-state index contributed by atoms with van der Waals surface area (Å²) in [5, 5.41) is 0. The molecule has 1 rings (SSSR count). The molecule has 0 saturated heterocycles. The fourth-order valence-corrected chi connectivity index (χ4v) is 1.42. The minimum Gasteiger partial charge on any atom is -0.493 e. The van der Waals surface area contributed by atoms with Gasteiger partial charge in [-0.1, -0.05) is 6.07 Å². The van der Waals surface area contributed by atoms with Gasteiger partial charge in [-0.2, -0.15) is 0 Å². The molecule has 0 aromatic heterocycles. The van der Waals surface area contributed by atoms with Gasteiger partial charge < -0.3 is 15.4 Å². The zero-order valence-electron chi connectivity index (χ0n) is 10.7. The van der Waals surface area contributed by atoms with Gasteiger partial charge in [-0.15, -0.1) is 0 Å². The molecular weight excluding hydrogens is 216 g/mol. The SMILES string of the molecule is Cc1c(N)cccc1OCCCC(=O)N(C)C. The van der Waals surface area contributed by atoms with Crippen molar-refractivity contribution in [1.82, 2.24) is 4.90 Å². The fraction of sp³-hybridized carbons (Fsp3) is 0.462. The third-order valence-electron chi connectivity index (χ3n) is 2.62. The Labute approximate surface area is 102 Å². The van der Waals surface area contributed by atoms with E-state index >= 15 is 0 Å². The normalized spacial score (nSPS) is 10.1. The van der Waals surface area contributed by atoms with E-state index in [0.29, 0.717) is 19.4 Å². The van der Waals surface area contributed by atoms with Crippen molar-refractivity contribution < 1.29 is 9.53 Å². The summed E-state index contributed by atoms with van der Waals surface area (Å²) >= 11 is 0. The van der Waals surface area contributed by atoms with E-state index < -0.39 is 0 Å². The van der Waals surface area contributed by atoms with Crippen LogP contribution in [0.25, 0.3) is 0 Å². The summed E-state index contributed by atoms with van der Waals surface area (Å²) in [5.74, 6) is 0.917. The number of benzene rings is 1. The van der Waals surface area contributed by atoms with E-state index in [0.717, 1.165) is 17.0 Å². The zero-order valence-corrected chi connectivity index (χ0v) is 10.7. The summed E-state index contributed by atoms with van der Waals surface area (Å²) in [5.41, 5.74) is 7.45. The molecule has 0 atom stereocenters. The van der Waals surface area contributed by atoms with Gasteiger partial charge in [0.2, 0.25) is 5.91 Å². The molecule has 2 N–H and O–H groups in total. The Balaban J connectivity index is 2.36. The predicted molar refractivity (Wildman–Crippen MR) is 69.0 cm³/mol. The summed E-state index contributed by atoms with van der Waals surface area (Å²) < 4.78 is 5.60. The number of hydrogen-bond acceptors (Lipinski definition) is 3. The molecule has 0 aliphatic rings. The van der Waals surface area contributed by atoms with Crippen LogP contribution in [0, 0.1) is 6.92 Å². The van der Waals surface area contributed by atoms with Crippen LogP contribution >= 0.6 is 0 Å². The van der Waals surface area contributed by atoms with E-state index in [2.05, 4.69) is 0 Å². The highest BCUT2D eigenvalue weighted by Crippen LogP contribution is 2.22. The molecule has 17 heavy (non-hydrogen) atoms. The van der Waals surface area contributed by atoms with Gasteiger partial charge in [-0.25, -0.2) is 0 Å². The second kappa shape index (κ2) is 6.13. The van der Waals surface area contributed by atoms with Crippen molar-refractivity contribution in [3.63, 3.8) is 0 Å². The molecule has 4 heteroatoms. The van der Waals surface area contributed by atoms with Crippen LogP contribution in [0.4, 0.5) is 5.69 Å². The van der Waals surface area contributed by atoms with Gasteiger partial charge in [-0.3, -0.25) is 4.79 Å². The number of ether oxygens (including phenoxy) is 1. The lowest BCUT2D eigenvalue weighted by Crippen LogP contribution is -2.21. The van der Waals surface area contributed by atoms with Crippen LogP contribution in [-0.2, 0) is 4.79 Å². The molecule has 0 spiro atoms. The third-order valence-corrected chi connectivity index (χ3v) is 2.62. The largest absolute Gasteiger partial charge is 0.493 e. The van der Waals surface area contributed by atoms with Crippen LogP contribution in [0.15, 0.2) is 18.2 Å². The number of carbonyl (C=O) groups excluding carboxylic acids is 1. The first-order valence-electron chi connectivity index (χ1n) is 5.70. The molecule has 0 radical (unpaired) electrons. The van der Waals surface area contributed by atoms with Crippen molar-refractivity contribution in [3.8, 4) is 5.75 Å². The minimum atomic E-state index is 0.123. The zero-order chi connectivity index (χ0) is 12.8. The lowest BCUT2D eigenvalue weighted by Gasteiger charge is -2.12. The second-order valence-corrected chi connectivity index (χ2v) is 4.21. The molecule has 0 aliphatic carbocycles. The number of nitrogens with two attached hydrogens (primary N) is 1. The van der Waals surface area contributed by atoms with Crippen LogP contribution in [0.3, 0.4) is 0 Å². The Hall–Kier alpha value is -1.71. The average molecular weight is 236 g/mol. The third kappa shape index (κ3) is 3.98. The van der Waals surface area contributed by atoms with E-state index in [1.165, 1.54) is 0 Å². The van der Waals surface area contributed by atoms with Gasteiger partial charge in [0.15, 0.2) is 0 Å². The number of rotatable bonds is 5. The molecule has 1 amide bonds. The van der Waals surface area contributed by atoms with Crippen molar-refractivity contribution in [1.29, 1.82) is 0 Å². The fourth-order valence-electron chi connectivity index (χ4n) is 1.42. The van der Waals surface area contributed by atoms with Crippen LogP contribution in [0.1, 0.15) is 18.4 Å². The summed E-state index contributed by atoms with van der Waals surface area (Å²) in [6.45, 7) is 2.46. The Morgan fingerprint density at radius 3 is 2.76 bits per heavy atom. The number of anilines is 1. The summed E-state index contributed by atoms with van der Waals surface area (Å²) in [6, 6.07) is 5.60. The van der Waals surface area contributed by atoms with Gasteiger partial charge in [0, 0.05) is 31.8 Å².